The second-order valence-electron chi connectivity index (χ2n) is 26.5. The van der Waals surface area contributed by atoms with Gasteiger partial charge in [-0.2, -0.15) is 0 Å². The minimum absolute atomic E-state index is 0.0100. The fourth-order valence-corrected chi connectivity index (χ4v) is 10.5. The average molecular weight is 1220 g/mol. The Bertz CT molecular complexity index is 2390. The molecule has 25 nitrogen and oxygen atoms in total. The molecule has 1 heterocycles. The Morgan fingerprint density at radius 1 is 0.512 bits per heavy atom. The molecule has 0 aromatic heterocycles. The fraction of sp³-hybridized carbons (Fsp3) is 0.787. The number of aliphatic hydroxyl groups is 3. The van der Waals surface area contributed by atoms with Gasteiger partial charge in [0.05, 0.1) is 23.9 Å². The van der Waals surface area contributed by atoms with E-state index in [0.29, 0.717) is 0 Å². The molecule has 12 atom stereocenters. The summed E-state index contributed by atoms with van der Waals surface area (Å²) in [6.07, 6.45) is 1.74. The predicted molar refractivity (Wildman–Crippen MR) is 327 cm³/mol. The maximum Gasteiger partial charge on any atom is 0.246 e. The van der Waals surface area contributed by atoms with Gasteiger partial charge in [-0.25, -0.2) is 0 Å². The summed E-state index contributed by atoms with van der Waals surface area (Å²) in [5, 5.41) is 47.6. The first-order valence-electron chi connectivity index (χ1n) is 30.2. The van der Waals surface area contributed by atoms with Gasteiger partial charge in [-0.15, -0.1) is 0 Å². The van der Waals surface area contributed by atoms with Crippen molar-refractivity contribution in [2.24, 2.45) is 29.6 Å². The zero-order valence-electron chi connectivity index (χ0n) is 55.9. The van der Waals surface area contributed by atoms with Crippen molar-refractivity contribution in [3.63, 3.8) is 0 Å². The van der Waals surface area contributed by atoms with Gasteiger partial charge in [0.25, 0.3) is 0 Å². The van der Waals surface area contributed by atoms with Crippen molar-refractivity contribution in [3.05, 3.63) is 12.2 Å². The van der Waals surface area contributed by atoms with Gasteiger partial charge in [-0.3, -0.25) is 52.7 Å². The van der Waals surface area contributed by atoms with Crippen LogP contribution in [-0.2, 0) is 52.7 Å². The monoisotopic (exact) mass is 1220 g/mol. The Kier molecular flexibility index (Phi) is 30.6. The van der Waals surface area contributed by atoms with Crippen molar-refractivity contribution in [1.29, 1.82) is 0 Å². The summed E-state index contributed by atoms with van der Waals surface area (Å²) < 4.78 is 0. The number of likely N-dealkylation sites (N-methyl/N-ethyl adjacent to an activating group) is 6. The highest BCUT2D eigenvalue weighted by molar-refractivity contribution is 5.99. The number of rotatable bonds is 15. The molecule has 1 fully saturated rings. The van der Waals surface area contributed by atoms with Crippen LogP contribution in [0.25, 0.3) is 0 Å². The zero-order valence-corrected chi connectivity index (χ0v) is 55.9. The lowest BCUT2D eigenvalue weighted by Crippen LogP contribution is -2.63. The molecule has 0 saturated carbocycles. The fourth-order valence-electron chi connectivity index (χ4n) is 10.5. The van der Waals surface area contributed by atoms with E-state index < -0.39 is 167 Å². The molecule has 0 radical (unpaired) electrons. The molecular formula is C61H109N11O14. The molecule has 0 spiro atoms. The van der Waals surface area contributed by atoms with E-state index in [4.69, 9.17) is 0 Å². The van der Waals surface area contributed by atoms with Crippen LogP contribution in [0.3, 0.4) is 0 Å². The molecule has 1 rings (SSSR count). The SMILES string of the molecule is C/C=C/CC(C)C(O)[C@H]1C(=O)N[C@@H](CC)C(=O)N(C)CC(=O)N[C@@H](CC(C)C)C(=O)N[C@@H](C(C)C)C(=O)N(C)[C@@H](CC(C)(C)O)C(=O)N[C@@H](C)C(=O)N[C@H](C)C(=O)N(C)[C@@H](CC(C)(C)O)C(=O)N(C)[C@@H](CC(C)C)C(=O)N(C)[C@@H](C(C)C)C(=O)N1C. The van der Waals surface area contributed by atoms with Gasteiger partial charge in [0.15, 0.2) is 0 Å². The van der Waals surface area contributed by atoms with Gasteiger partial charge in [-0.05, 0) is 104 Å². The molecule has 1 saturated heterocycles. The van der Waals surface area contributed by atoms with Crippen molar-refractivity contribution >= 4 is 65.0 Å². The van der Waals surface area contributed by atoms with Gasteiger partial charge in [-0.1, -0.05) is 81.4 Å². The van der Waals surface area contributed by atoms with Crippen LogP contribution in [0.15, 0.2) is 12.2 Å². The van der Waals surface area contributed by atoms with Crippen LogP contribution in [-0.4, -0.2) is 236 Å². The summed E-state index contributed by atoms with van der Waals surface area (Å²) in [6, 6.07) is -13.7. The standard InChI is InChI=1S/C61H109N11O14/c1-24-26-27-37(11)49(74)48-53(78)65-40(25-2)55(80)67(18)32-45(73)64-41(28-33(3)4)51(76)66-46(35(7)8)58(83)69(20)43(30-60(14,15)85)52(77)62-38(12)50(75)63-39(13)54(79)70(21)44(31-61(16,17)86)57(82)68(19)42(29-34(5)6)56(81)71(22)47(36(9)10)59(84)72(48)23/h24,26,33-44,46-49,74,85-86H,25,27-32H2,1-23H3,(H,62,77)(H,63,75)(H,64,73)(H,65,78)(H,66,76)/b26-24+/t37?,38-,39+,40-,41-,42-,43-,44-,46-,47-,48-,49?/m0/s1. The highest BCUT2D eigenvalue weighted by Gasteiger charge is 2.46. The van der Waals surface area contributed by atoms with Gasteiger partial charge in [0.1, 0.15) is 60.4 Å². The van der Waals surface area contributed by atoms with Crippen LogP contribution in [0.2, 0.25) is 0 Å². The lowest BCUT2D eigenvalue weighted by Gasteiger charge is -2.42. The number of aliphatic hydroxyl groups excluding tert-OH is 1. The number of nitrogens with one attached hydrogen (secondary N) is 5. The van der Waals surface area contributed by atoms with Crippen molar-refractivity contribution < 1.29 is 68.1 Å². The molecular weight excluding hydrogens is 1110 g/mol. The van der Waals surface area contributed by atoms with Crippen LogP contribution < -0.4 is 26.6 Å². The molecule has 0 aliphatic carbocycles. The Labute approximate surface area is 511 Å². The number of hydrogen-bond acceptors (Lipinski definition) is 14. The molecule has 86 heavy (non-hydrogen) atoms. The molecule has 11 amide bonds. The maximum atomic E-state index is 15.1. The number of carbonyl (C=O) groups excluding carboxylic acids is 11. The zero-order chi connectivity index (χ0) is 67.0. The molecule has 2 unspecified atom stereocenters. The van der Waals surface area contributed by atoms with E-state index in [1.165, 1.54) is 88.7 Å². The molecule has 0 bridgehead atoms. The van der Waals surface area contributed by atoms with Gasteiger partial charge < -0.3 is 71.3 Å². The Balaban J connectivity index is 4.34. The number of hydrogen-bond donors (Lipinski definition) is 8. The summed E-state index contributed by atoms with van der Waals surface area (Å²) >= 11 is 0. The topological polar surface area (TPSA) is 328 Å². The third-order valence-corrected chi connectivity index (χ3v) is 15.6. The highest BCUT2D eigenvalue weighted by atomic mass is 16.3. The lowest BCUT2D eigenvalue weighted by molar-refractivity contribution is -0.158. The summed E-state index contributed by atoms with van der Waals surface area (Å²) in [5.41, 5.74) is -3.14. The van der Waals surface area contributed by atoms with Crippen LogP contribution >= 0.6 is 0 Å². The largest absolute Gasteiger partial charge is 0.390 e. The second-order valence-corrected chi connectivity index (χ2v) is 26.5. The normalized spacial score (nSPS) is 26.9. The van der Waals surface area contributed by atoms with E-state index in [-0.39, 0.29) is 50.4 Å². The third kappa shape index (κ3) is 22.8. The minimum Gasteiger partial charge on any atom is -0.390 e. The molecule has 8 N–H and O–H groups in total. The highest BCUT2D eigenvalue weighted by Crippen LogP contribution is 2.26. The van der Waals surface area contributed by atoms with Crippen LogP contribution in [0.1, 0.15) is 156 Å². The Hall–Kier alpha value is -6.21. The lowest BCUT2D eigenvalue weighted by atomic mass is 9.91. The number of nitrogens with zero attached hydrogens (tertiary/aromatic N) is 6. The molecule has 1 aliphatic heterocycles. The summed E-state index contributed by atoms with van der Waals surface area (Å²) in [5.74, 6) is -11.0. The van der Waals surface area contributed by atoms with Gasteiger partial charge >= 0.3 is 0 Å². The minimum atomic E-state index is -1.65. The van der Waals surface area contributed by atoms with E-state index >= 15 is 9.59 Å². The molecule has 0 aromatic carbocycles. The summed E-state index contributed by atoms with van der Waals surface area (Å²) in [6.45, 7) is 26.8. The Morgan fingerprint density at radius 3 is 1.47 bits per heavy atom. The van der Waals surface area contributed by atoms with Crippen molar-refractivity contribution in [1.82, 2.24) is 56.0 Å². The van der Waals surface area contributed by atoms with E-state index in [9.17, 15) is 58.5 Å². The first kappa shape index (κ1) is 77.8. The quantitative estimate of drug-likeness (QED) is 0.107. The number of carbonyl (C=O) groups is 11. The van der Waals surface area contributed by atoms with Crippen molar-refractivity contribution in [2.75, 3.05) is 48.8 Å². The summed E-state index contributed by atoms with van der Waals surface area (Å²) in [7, 11) is 8.00. The van der Waals surface area contributed by atoms with Crippen molar-refractivity contribution in [2.45, 2.75) is 234 Å². The predicted octanol–water partition coefficient (Wildman–Crippen LogP) is 1.16. The first-order valence-corrected chi connectivity index (χ1v) is 30.2. The third-order valence-electron chi connectivity index (χ3n) is 15.6. The smallest absolute Gasteiger partial charge is 0.246 e. The van der Waals surface area contributed by atoms with E-state index in [2.05, 4.69) is 26.6 Å². The molecule has 25 heteroatoms. The van der Waals surface area contributed by atoms with Gasteiger partial charge in [0.2, 0.25) is 65.0 Å². The molecule has 492 valence electrons. The van der Waals surface area contributed by atoms with Crippen LogP contribution in [0.5, 0.6) is 0 Å². The maximum absolute atomic E-state index is 15.1. The van der Waals surface area contributed by atoms with Crippen LogP contribution in [0.4, 0.5) is 0 Å². The van der Waals surface area contributed by atoms with E-state index in [1.807, 2.05) is 27.7 Å². The Morgan fingerprint density at radius 2 is 0.988 bits per heavy atom. The second kappa shape index (κ2) is 33.8. The first-order chi connectivity index (χ1) is 39.4. The number of amides is 11. The van der Waals surface area contributed by atoms with Crippen molar-refractivity contribution in [3.8, 4) is 0 Å². The summed E-state index contributed by atoms with van der Waals surface area (Å²) in [4.78, 5) is 166. The number of allylic oxidation sites excluding steroid dienone is 2. The average Bonchev–Trinajstić information content (AvgIpc) is 2.25. The van der Waals surface area contributed by atoms with E-state index in [0.717, 1.165) is 24.5 Å². The molecule has 0 aromatic rings. The van der Waals surface area contributed by atoms with Crippen LogP contribution in [0, 0.1) is 29.6 Å². The van der Waals surface area contributed by atoms with Gasteiger partial charge in [0, 0.05) is 55.1 Å². The van der Waals surface area contributed by atoms with E-state index in [1.54, 1.807) is 60.6 Å². The molecule has 1 aliphatic rings.